The summed E-state index contributed by atoms with van der Waals surface area (Å²) in [6, 6.07) is 12.8. The summed E-state index contributed by atoms with van der Waals surface area (Å²) in [7, 11) is 0. The number of aliphatic carboxylic acids is 6. The normalized spacial score (nSPS) is 13.8. The highest BCUT2D eigenvalue weighted by Gasteiger charge is 2.37. The first-order chi connectivity index (χ1) is 56.3. The molecule has 7 aromatic rings. The quantitative estimate of drug-likeness (QED) is 0.0203. The first-order valence-electron chi connectivity index (χ1n) is 38.9. The number of amides is 14. The molecule has 1 aromatic heterocycles. The Kier molecular flexibility index (Phi) is 30.0. The number of nitrogens with zero attached hydrogens (tertiary/aromatic N) is 2. The van der Waals surface area contributed by atoms with E-state index < -0.39 is 133 Å². The Morgan fingerprint density at radius 1 is 0.305 bits per heavy atom. The third-order valence-electron chi connectivity index (χ3n) is 21.2. The van der Waals surface area contributed by atoms with Crippen molar-refractivity contribution in [1.29, 1.82) is 0 Å². The first kappa shape index (κ1) is 88.3. The molecular weight excluding hydrogens is 1530 g/mol. The Labute approximate surface area is 677 Å². The molecule has 4 heterocycles. The van der Waals surface area contributed by atoms with Gasteiger partial charge < -0.3 is 105 Å². The van der Waals surface area contributed by atoms with Crippen LogP contribution in [0.1, 0.15) is 206 Å². The summed E-state index contributed by atoms with van der Waals surface area (Å²) in [6.07, 6.45) is -4.22. The van der Waals surface area contributed by atoms with Crippen molar-refractivity contribution in [2.24, 2.45) is 0 Å². The van der Waals surface area contributed by atoms with Gasteiger partial charge in [-0.05, 0) is 204 Å². The standard InChI is InChI=1S/C82H98N16O20/c1-7-45-51-37-83-75(113)91-59-19-17-43(73(111)97-81(27-21-67(99)100,28-22-68(101)102)29-23-69(103)104)33-61(59)93-77(115)85-39-53-48(10-4)54-40-86-78(116)94-62-34-44(74(112)98-82(30-24-70(105)106,31-25-71(107)108)32-26-72(109)110)18-20-60(62)92-76(114)84-38-52(45)47(9-3)55(46(51)8-2)41-87-79(117)95-65-35-63-64(90-58-16-14-13-15-57(58)89-63)36-66(65)96-80(118)88-42-56(49(53)11-5)50(54)12-6/h13-20,33-36H,7-12,21-32,37-42H2,1-6H3,(H,97,111)(H,98,112)(H,99,100)(H,101,102)(H,103,104)(H,105,106)(H,107,108)(H,109,110)(H2,83,91,113)(H2,84,92,114)(H2,85,93,115)(H2,86,94,116)(H2,87,95,117)(H2,88,96,118). The van der Waals surface area contributed by atoms with Crippen LogP contribution in [0, 0.1) is 0 Å². The van der Waals surface area contributed by atoms with Gasteiger partial charge in [0, 0.05) is 100.0 Å². The third-order valence-corrected chi connectivity index (χ3v) is 21.2. The Morgan fingerprint density at radius 3 is 0.729 bits per heavy atom. The fourth-order valence-electron chi connectivity index (χ4n) is 15.5. The van der Waals surface area contributed by atoms with Crippen LogP contribution >= 0.6 is 0 Å². The van der Waals surface area contributed by atoms with Crippen LogP contribution in [0.2, 0.25) is 0 Å². The van der Waals surface area contributed by atoms with Crippen LogP contribution in [0.25, 0.3) is 22.1 Å². The van der Waals surface area contributed by atoms with Crippen LogP contribution < -0.4 is 74.4 Å². The number of para-hydroxylation sites is 2. The van der Waals surface area contributed by atoms with E-state index in [-0.39, 0.29) is 149 Å². The minimum atomic E-state index is -1.70. The molecule has 36 heteroatoms. The number of urea groups is 6. The topological polar surface area (TPSA) is 555 Å². The van der Waals surface area contributed by atoms with Gasteiger partial charge in [0.05, 0.1) is 56.2 Å². The lowest BCUT2D eigenvalue weighted by atomic mass is 9.83. The molecule has 0 saturated carbocycles. The number of carbonyl (C=O) groups excluding carboxylic acids is 8. The molecule has 0 saturated heterocycles. The number of hydrogen-bond acceptors (Lipinski definition) is 16. The number of rotatable bonds is 28. The Hall–Kier alpha value is -13.7. The Bertz CT molecular complexity index is 4810. The minimum absolute atomic E-state index is 0.0818. The maximum Gasteiger partial charge on any atom is 0.319 e. The van der Waals surface area contributed by atoms with Gasteiger partial charge in [0.1, 0.15) is 0 Å². The smallest absolute Gasteiger partial charge is 0.319 e. The number of aromatic nitrogens is 2. The van der Waals surface area contributed by atoms with Gasteiger partial charge in [-0.25, -0.2) is 38.7 Å². The van der Waals surface area contributed by atoms with E-state index in [0.717, 1.165) is 0 Å². The van der Waals surface area contributed by atoms with Gasteiger partial charge in [0.25, 0.3) is 11.8 Å². The zero-order chi connectivity index (χ0) is 85.7. The predicted octanol–water partition coefficient (Wildman–Crippen LogP) is 10.8. The summed E-state index contributed by atoms with van der Waals surface area (Å²) in [5.41, 5.74) is 4.81. The second kappa shape index (κ2) is 40.0. The molecule has 0 radical (unpaired) electrons. The molecule has 6 bridgehead atoms. The van der Waals surface area contributed by atoms with E-state index in [1.807, 2.05) is 41.5 Å². The monoisotopic (exact) mass is 1630 g/mol. The molecule has 0 atom stereocenters. The Balaban J connectivity index is 1.25. The van der Waals surface area contributed by atoms with E-state index in [1.54, 1.807) is 36.4 Å². The maximum atomic E-state index is 15.0. The van der Waals surface area contributed by atoms with Gasteiger partial charge in [-0.2, -0.15) is 0 Å². The number of carboxylic acid groups (broad SMARTS) is 6. The number of carboxylic acids is 6. The second-order valence-electron chi connectivity index (χ2n) is 28.7. The molecule has 118 heavy (non-hydrogen) atoms. The van der Waals surface area contributed by atoms with Crippen LogP contribution in [0.5, 0.6) is 0 Å². The van der Waals surface area contributed by atoms with Crippen LogP contribution in [-0.4, -0.2) is 136 Å². The number of nitrogens with one attached hydrogen (secondary N) is 14. The number of carbonyl (C=O) groups is 14. The van der Waals surface area contributed by atoms with Crippen molar-refractivity contribution in [3.63, 3.8) is 0 Å². The summed E-state index contributed by atoms with van der Waals surface area (Å²) in [5, 5.41) is 99.0. The van der Waals surface area contributed by atoms with Crippen molar-refractivity contribution in [2.45, 2.75) is 207 Å². The van der Waals surface area contributed by atoms with Crippen molar-refractivity contribution in [3.8, 4) is 0 Å². The molecule has 626 valence electrons. The van der Waals surface area contributed by atoms with E-state index in [4.69, 9.17) is 9.97 Å². The summed E-state index contributed by atoms with van der Waals surface area (Å²) in [6.45, 7) is 9.67. The lowest BCUT2D eigenvalue weighted by Crippen LogP contribution is -2.49. The minimum Gasteiger partial charge on any atom is -0.481 e. The second-order valence-corrected chi connectivity index (χ2v) is 28.7. The third kappa shape index (κ3) is 22.6. The van der Waals surface area contributed by atoms with E-state index in [2.05, 4.69) is 74.4 Å². The van der Waals surface area contributed by atoms with Gasteiger partial charge >= 0.3 is 72.0 Å². The molecule has 14 amide bonds. The van der Waals surface area contributed by atoms with E-state index >= 15 is 0 Å². The molecular formula is C82H98N16O20. The fourth-order valence-corrected chi connectivity index (χ4v) is 15.5. The molecule has 3 aliphatic heterocycles. The van der Waals surface area contributed by atoms with E-state index in [9.17, 15) is 97.8 Å². The molecule has 36 nitrogen and oxygen atoms in total. The van der Waals surface area contributed by atoms with Crippen molar-refractivity contribution in [3.05, 3.63) is 151 Å². The molecule has 0 unspecified atom stereocenters. The maximum absolute atomic E-state index is 15.0. The first-order valence-corrected chi connectivity index (χ1v) is 38.9. The zero-order valence-electron chi connectivity index (χ0n) is 66.2. The van der Waals surface area contributed by atoms with Gasteiger partial charge in [0.15, 0.2) is 0 Å². The van der Waals surface area contributed by atoms with E-state index in [1.165, 1.54) is 36.4 Å². The molecule has 10 rings (SSSR count). The highest BCUT2D eigenvalue weighted by Crippen LogP contribution is 2.37. The average molecular weight is 1630 g/mol. The van der Waals surface area contributed by atoms with Gasteiger partial charge in [-0.1, -0.05) is 53.7 Å². The summed E-state index contributed by atoms with van der Waals surface area (Å²) in [5.74, 6) is -9.74. The van der Waals surface area contributed by atoms with Crippen molar-refractivity contribution < 1.29 is 97.8 Å². The Morgan fingerprint density at radius 2 is 0.517 bits per heavy atom. The lowest BCUT2D eigenvalue weighted by molar-refractivity contribution is -0.140. The lowest BCUT2D eigenvalue weighted by Gasteiger charge is -2.34. The van der Waals surface area contributed by atoms with Crippen molar-refractivity contribution >= 4 is 140 Å². The predicted molar refractivity (Wildman–Crippen MR) is 436 cm³/mol. The highest BCUT2D eigenvalue weighted by molar-refractivity contribution is 6.06. The van der Waals surface area contributed by atoms with Gasteiger partial charge in [-0.3, -0.25) is 38.4 Å². The van der Waals surface area contributed by atoms with Crippen LogP contribution in [-0.2, 0) is 107 Å². The van der Waals surface area contributed by atoms with Crippen molar-refractivity contribution in [1.82, 2.24) is 52.5 Å². The number of anilines is 6. The SMILES string of the molecule is CCc1c2c(CC)c3c(CC)c1CNC(=O)Nc1ccc(C(=O)NC(CCC(=O)O)(CCC(=O)O)CCC(=O)O)cc1NC(=O)NCc1c(CC)c(c(CC)c(c1CC)CNC(=O)Nc1cc4nc5ccccc5nc4cc1NC(=O)NC3)CNC(=O)Nc1cc(C(=O)NC(CCC(=O)O)(CCC(=O)O)CCC(=O)O)ccc1NC(=O)NC2. The fraction of sp³-hybridized carbons (Fsp3) is 0.390. The molecule has 6 aromatic carbocycles. The van der Waals surface area contributed by atoms with Gasteiger partial charge in [-0.15, -0.1) is 0 Å². The van der Waals surface area contributed by atoms with Crippen molar-refractivity contribution in [2.75, 3.05) is 31.9 Å². The summed E-state index contributed by atoms with van der Waals surface area (Å²) < 4.78 is 0. The molecule has 0 fully saturated rings. The number of benzene rings is 6. The van der Waals surface area contributed by atoms with Crippen LogP contribution in [0.3, 0.4) is 0 Å². The van der Waals surface area contributed by atoms with Crippen LogP contribution in [0.15, 0.2) is 72.8 Å². The molecule has 20 N–H and O–H groups in total. The molecule has 0 spiro atoms. The highest BCUT2D eigenvalue weighted by atomic mass is 16.4. The number of hydrogen-bond donors (Lipinski definition) is 20. The van der Waals surface area contributed by atoms with Crippen LogP contribution in [0.4, 0.5) is 62.9 Å². The molecule has 0 aliphatic carbocycles. The largest absolute Gasteiger partial charge is 0.481 e. The van der Waals surface area contributed by atoms with E-state index in [0.29, 0.717) is 102 Å². The van der Waals surface area contributed by atoms with Gasteiger partial charge in [0.2, 0.25) is 0 Å². The number of fused-ring (bicyclic) bond motifs is 20. The average Bonchev–Trinajstić information content (AvgIpc) is 0.763. The summed E-state index contributed by atoms with van der Waals surface area (Å²) in [4.78, 5) is 200. The molecule has 3 aliphatic rings. The zero-order valence-corrected chi connectivity index (χ0v) is 66.2. The summed E-state index contributed by atoms with van der Waals surface area (Å²) >= 11 is 0.